The van der Waals surface area contributed by atoms with Gasteiger partial charge in [-0.15, -0.1) is 5.92 Å². The van der Waals surface area contributed by atoms with E-state index in [4.69, 9.17) is 0 Å². The number of nitrogens with zero attached hydrogens (tertiary/aromatic N) is 1. The highest BCUT2D eigenvalue weighted by molar-refractivity contribution is 7.89. The summed E-state index contributed by atoms with van der Waals surface area (Å²) in [7, 11) is -1.90. The number of hydrogen-bond acceptors (Lipinski definition) is 7. The van der Waals surface area contributed by atoms with Gasteiger partial charge in [-0.05, 0) is 26.0 Å². The number of benzene rings is 1. The Labute approximate surface area is 152 Å². The lowest BCUT2D eigenvalue weighted by atomic mass is 10.1. The van der Waals surface area contributed by atoms with E-state index in [0.29, 0.717) is 0 Å². The van der Waals surface area contributed by atoms with Crippen LogP contribution in [0.2, 0.25) is 0 Å². The molecule has 9 heteroatoms. The summed E-state index contributed by atoms with van der Waals surface area (Å²) < 4.78 is 33.8. The molecule has 0 saturated carbocycles. The van der Waals surface area contributed by atoms with Crippen LogP contribution in [-0.4, -0.2) is 50.3 Å². The zero-order valence-electron chi connectivity index (χ0n) is 14.9. The molecular weight excluding hydrogens is 362 g/mol. The maximum absolute atomic E-state index is 12.4. The lowest BCUT2D eigenvalue weighted by Gasteiger charge is -2.18. The molecule has 0 aliphatic carbocycles. The number of carbonyl (C=O) groups excluding carboxylic acids is 2. The summed E-state index contributed by atoms with van der Waals surface area (Å²) in [5.74, 6) is 2.13. The molecule has 142 valence electrons. The molecule has 8 nitrogen and oxygen atoms in total. The first-order valence-corrected chi connectivity index (χ1v) is 9.03. The van der Waals surface area contributed by atoms with E-state index < -0.39 is 33.9 Å². The van der Waals surface area contributed by atoms with Crippen molar-refractivity contribution in [2.24, 2.45) is 5.92 Å². The summed E-state index contributed by atoms with van der Waals surface area (Å²) in [4.78, 5) is 23.0. The lowest BCUT2D eigenvalue weighted by molar-refractivity contribution is -0.158. The predicted molar refractivity (Wildman–Crippen MR) is 91.4 cm³/mol. The first-order valence-electron chi connectivity index (χ1n) is 7.59. The first-order chi connectivity index (χ1) is 12.1. The van der Waals surface area contributed by atoms with Gasteiger partial charge in [0.15, 0.2) is 5.92 Å². The van der Waals surface area contributed by atoms with E-state index in [1.54, 1.807) is 19.1 Å². The quantitative estimate of drug-likeness (QED) is 0.339. The van der Waals surface area contributed by atoms with Gasteiger partial charge in [0, 0.05) is 6.42 Å². The third kappa shape index (κ3) is 5.29. The average molecular weight is 383 g/mol. The molecular formula is C17H21NO7S. The Hall–Kier alpha value is -2.41. The minimum atomic E-state index is -4.14. The van der Waals surface area contributed by atoms with Crippen LogP contribution < -0.4 is 0 Å². The van der Waals surface area contributed by atoms with Crippen molar-refractivity contribution >= 4 is 22.0 Å². The van der Waals surface area contributed by atoms with Crippen LogP contribution >= 0.6 is 0 Å². The van der Waals surface area contributed by atoms with Crippen molar-refractivity contribution in [3.8, 4) is 11.8 Å². The van der Waals surface area contributed by atoms with Crippen LogP contribution in [0.25, 0.3) is 0 Å². The molecule has 1 unspecified atom stereocenters. The van der Waals surface area contributed by atoms with Crippen molar-refractivity contribution in [2.75, 3.05) is 14.2 Å². The number of ether oxygens (including phenoxy) is 2. The second kappa shape index (κ2) is 9.33. The normalized spacial score (nSPS) is 12.3. The van der Waals surface area contributed by atoms with E-state index in [-0.39, 0.29) is 15.8 Å². The van der Waals surface area contributed by atoms with E-state index in [1.807, 2.05) is 0 Å². The zero-order valence-corrected chi connectivity index (χ0v) is 15.7. The Morgan fingerprint density at radius 3 is 2.12 bits per heavy atom. The van der Waals surface area contributed by atoms with Crippen molar-refractivity contribution in [2.45, 2.75) is 31.2 Å². The minimum Gasteiger partial charge on any atom is -0.468 e. The molecule has 1 rings (SSSR count). The molecule has 0 spiro atoms. The van der Waals surface area contributed by atoms with Gasteiger partial charge in [0.2, 0.25) is 0 Å². The van der Waals surface area contributed by atoms with Gasteiger partial charge in [-0.3, -0.25) is 14.8 Å². The second-order valence-corrected chi connectivity index (χ2v) is 7.19. The fourth-order valence-electron chi connectivity index (χ4n) is 1.94. The van der Waals surface area contributed by atoms with E-state index in [2.05, 4.69) is 21.3 Å². The van der Waals surface area contributed by atoms with Crippen LogP contribution in [0.1, 0.15) is 18.9 Å². The van der Waals surface area contributed by atoms with Crippen LogP contribution in [0.3, 0.4) is 0 Å². The number of hydrogen-bond donors (Lipinski definition) is 1. The van der Waals surface area contributed by atoms with Crippen molar-refractivity contribution in [1.29, 1.82) is 0 Å². The number of aryl methyl sites for hydroxylation is 1. The molecule has 0 aromatic heterocycles. The van der Waals surface area contributed by atoms with Crippen molar-refractivity contribution in [3.63, 3.8) is 0 Å². The molecule has 0 amide bonds. The first kappa shape index (κ1) is 21.6. The molecule has 1 aromatic carbocycles. The smallest absolute Gasteiger partial charge is 0.321 e. The highest BCUT2D eigenvalue weighted by atomic mass is 32.2. The number of rotatable bonds is 6. The molecule has 0 aliphatic heterocycles. The van der Waals surface area contributed by atoms with E-state index >= 15 is 0 Å². The average Bonchev–Trinajstić information content (AvgIpc) is 2.63. The van der Waals surface area contributed by atoms with Gasteiger partial charge < -0.3 is 9.47 Å². The van der Waals surface area contributed by atoms with E-state index in [9.17, 15) is 23.2 Å². The van der Waals surface area contributed by atoms with Gasteiger partial charge >= 0.3 is 11.9 Å². The molecule has 0 saturated heterocycles. The Balaban J connectivity index is 2.91. The largest absolute Gasteiger partial charge is 0.468 e. The van der Waals surface area contributed by atoms with Gasteiger partial charge in [-0.25, -0.2) is 8.42 Å². The number of carbonyl (C=O) groups is 2. The molecule has 0 radical (unpaired) electrons. The Kier molecular flexibility index (Phi) is 7.76. The predicted octanol–water partition coefficient (Wildman–Crippen LogP) is 1.12. The van der Waals surface area contributed by atoms with Gasteiger partial charge in [0.1, 0.15) is 6.04 Å². The standard InChI is InChI=1S/C17H21NO7S/c1-12-8-10-14(11-9-12)26(22,23)18(21)13(2)6-5-7-15(16(19)24-3)17(20)25-4/h8-11,13,15,21H,7H2,1-4H3. The molecule has 1 N–H and O–H groups in total. The summed E-state index contributed by atoms with van der Waals surface area (Å²) >= 11 is 0. The van der Waals surface area contributed by atoms with E-state index in [1.165, 1.54) is 19.1 Å². The molecule has 1 atom stereocenters. The van der Waals surface area contributed by atoms with Gasteiger partial charge in [0.25, 0.3) is 10.0 Å². The maximum Gasteiger partial charge on any atom is 0.321 e. The molecule has 0 fully saturated rings. The Morgan fingerprint density at radius 1 is 1.15 bits per heavy atom. The molecule has 0 aliphatic rings. The highest BCUT2D eigenvalue weighted by Gasteiger charge is 2.29. The fraction of sp³-hybridized carbons (Fsp3) is 0.412. The maximum atomic E-state index is 12.4. The highest BCUT2D eigenvalue weighted by Crippen LogP contribution is 2.17. The second-order valence-electron chi connectivity index (χ2n) is 5.39. The number of sulfonamides is 1. The van der Waals surface area contributed by atoms with Crippen LogP contribution in [0.5, 0.6) is 0 Å². The van der Waals surface area contributed by atoms with Gasteiger partial charge in [0.05, 0.1) is 19.1 Å². The fourth-order valence-corrected chi connectivity index (χ4v) is 3.10. The van der Waals surface area contributed by atoms with Gasteiger partial charge in [-0.1, -0.05) is 28.1 Å². The van der Waals surface area contributed by atoms with Crippen molar-refractivity contribution in [1.82, 2.24) is 4.47 Å². The molecule has 26 heavy (non-hydrogen) atoms. The van der Waals surface area contributed by atoms with Crippen LogP contribution in [0.4, 0.5) is 0 Å². The topological polar surface area (TPSA) is 110 Å². The summed E-state index contributed by atoms with van der Waals surface area (Å²) in [6.45, 7) is 3.17. The monoisotopic (exact) mass is 383 g/mol. The van der Waals surface area contributed by atoms with Crippen LogP contribution in [0, 0.1) is 24.7 Å². The van der Waals surface area contributed by atoms with E-state index in [0.717, 1.165) is 19.8 Å². The van der Waals surface area contributed by atoms with Crippen molar-refractivity contribution in [3.05, 3.63) is 29.8 Å². The third-order valence-corrected chi connectivity index (χ3v) is 5.16. The molecule has 1 aromatic rings. The molecule has 0 heterocycles. The number of methoxy groups -OCH3 is 2. The van der Waals surface area contributed by atoms with Gasteiger partial charge in [-0.2, -0.15) is 0 Å². The zero-order chi connectivity index (χ0) is 19.9. The number of hydroxylamine groups is 1. The minimum absolute atomic E-state index is 0.0822. The Morgan fingerprint density at radius 2 is 1.65 bits per heavy atom. The summed E-state index contributed by atoms with van der Waals surface area (Å²) in [6.07, 6.45) is -0.234. The third-order valence-electron chi connectivity index (χ3n) is 3.48. The Bertz CT molecular complexity index is 790. The summed E-state index contributed by atoms with van der Waals surface area (Å²) in [5, 5.41) is 10.0. The molecule has 0 bridgehead atoms. The van der Waals surface area contributed by atoms with Crippen molar-refractivity contribution < 1.29 is 32.7 Å². The summed E-state index contributed by atoms with van der Waals surface area (Å²) in [5.41, 5.74) is 0.873. The summed E-state index contributed by atoms with van der Waals surface area (Å²) in [6, 6.07) is 4.86. The van der Waals surface area contributed by atoms with Crippen LogP contribution in [0.15, 0.2) is 29.2 Å². The number of esters is 2. The SMILES string of the molecule is COC(=O)C(CC#CC(C)N(O)S(=O)(=O)c1ccc(C)cc1)C(=O)OC. The lowest BCUT2D eigenvalue weighted by Crippen LogP contribution is -2.35. The van der Waals surface area contributed by atoms with Crippen LogP contribution in [-0.2, 0) is 29.1 Å².